The molecule has 9 heteroatoms. The van der Waals surface area contributed by atoms with Crippen molar-refractivity contribution in [3.05, 3.63) is 127 Å². The summed E-state index contributed by atoms with van der Waals surface area (Å²) >= 11 is 0. The van der Waals surface area contributed by atoms with Crippen LogP contribution in [0.5, 0.6) is 0 Å². The number of hydrogen-bond acceptors (Lipinski definition) is 7. The first kappa shape index (κ1) is 26.6. The van der Waals surface area contributed by atoms with E-state index in [1.165, 1.54) is 0 Å². The fourth-order valence-corrected chi connectivity index (χ4v) is 6.04. The molecule has 0 radical (unpaired) electrons. The molecule has 47 heavy (non-hydrogen) atoms. The van der Waals surface area contributed by atoms with E-state index in [1.54, 1.807) is 0 Å². The molecule has 5 heterocycles. The summed E-state index contributed by atoms with van der Waals surface area (Å²) in [5.41, 5.74) is 12.6. The number of nitrogen functional groups attached to an aromatic ring is 1. The van der Waals surface area contributed by atoms with Crippen molar-refractivity contribution in [3.63, 3.8) is 0 Å². The molecule has 0 saturated heterocycles. The van der Waals surface area contributed by atoms with Crippen molar-refractivity contribution >= 4 is 49.8 Å². The molecule has 0 unspecified atom stereocenters. The molecule has 0 amide bonds. The second kappa shape index (κ2) is 10.7. The largest absolute Gasteiger partial charge is 0.399 e. The molecule has 10 rings (SSSR count). The van der Waals surface area contributed by atoms with Crippen LogP contribution in [0.3, 0.4) is 0 Å². The van der Waals surface area contributed by atoms with Crippen molar-refractivity contribution < 1.29 is 0 Å². The summed E-state index contributed by atoms with van der Waals surface area (Å²) < 4.78 is 0. The van der Waals surface area contributed by atoms with E-state index in [9.17, 15) is 0 Å². The molecule has 0 fully saturated rings. The number of benzene rings is 5. The first-order chi connectivity index (χ1) is 23.2. The molecule has 4 N–H and O–H groups in total. The lowest BCUT2D eigenvalue weighted by atomic mass is 10.1. The highest BCUT2D eigenvalue weighted by atomic mass is 15.1. The lowest BCUT2D eigenvalue weighted by Crippen LogP contribution is -1.82. The number of aromatic amines is 2. The Labute approximate surface area is 267 Å². The van der Waals surface area contributed by atoms with Gasteiger partial charge in [-0.3, -0.25) is 0 Å². The van der Waals surface area contributed by atoms with Gasteiger partial charge in [-0.05, 0) is 12.1 Å². The number of aromatic nitrogens is 8. The van der Waals surface area contributed by atoms with E-state index in [4.69, 9.17) is 35.6 Å². The number of fused-ring (bicyclic) bond motifs is 20. The van der Waals surface area contributed by atoms with Gasteiger partial charge in [0.25, 0.3) is 0 Å². The molecule has 0 saturated carbocycles. The number of nitrogens with zero attached hydrogens (tertiary/aromatic N) is 6. The van der Waals surface area contributed by atoms with Crippen LogP contribution in [0.15, 0.2) is 127 Å². The van der Waals surface area contributed by atoms with Gasteiger partial charge >= 0.3 is 0 Å². The molecule has 0 atom stereocenters. The van der Waals surface area contributed by atoms with Gasteiger partial charge in [0.15, 0.2) is 23.3 Å². The molecular weight excluding hydrogens is 582 g/mol. The van der Waals surface area contributed by atoms with Crippen LogP contribution in [0.25, 0.3) is 89.7 Å². The molecule has 222 valence electrons. The lowest BCUT2D eigenvalue weighted by Gasteiger charge is -1.96. The van der Waals surface area contributed by atoms with Gasteiger partial charge in [-0.15, -0.1) is 0 Å². The van der Waals surface area contributed by atoms with Crippen molar-refractivity contribution in [1.82, 2.24) is 39.9 Å². The number of nitrogens with one attached hydrogen (secondary N) is 2. The number of para-hydroxylation sites is 1. The molecule has 0 spiro atoms. The van der Waals surface area contributed by atoms with E-state index in [0.717, 1.165) is 49.5 Å². The fraction of sp³-hybridized carbons (Fsp3) is 0. The summed E-state index contributed by atoms with van der Waals surface area (Å²) in [6, 6.07) is 41.7. The number of nitrogens with two attached hydrogens (primary N) is 1. The second-order valence-corrected chi connectivity index (χ2v) is 11.2. The van der Waals surface area contributed by atoms with Gasteiger partial charge in [-0.25, -0.2) is 29.9 Å². The fourth-order valence-electron chi connectivity index (χ4n) is 6.04. The molecule has 2 aliphatic heterocycles. The first-order valence-corrected chi connectivity index (χ1v) is 15.2. The maximum atomic E-state index is 5.36. The number of H-pyrrole nitrogens is 2. The Morgan fingerprint density at radius 3 is 0.872 bits per heavy atom. The summed E-state index contributed by atoms with van der Waals surface area (Å²) in [4.78, 5) is 36.8. The monoisotopic (exact) mass is 607 g/mol. The molecule has 5 aromatic carbocycles. The van der Waals surface area contributed by atoms with Crippen LogP contribution >= 0.6 is 0 Å². The SMILES string of the molecule is Nc1ccccc1.c1ccc2c(c1)-c1nc-2nc2[nH]c(nc3nc(nc4[nH]c(n1)c1ccccc41)-c1ccccc1-3)c1ccccc21. The molecule has 8 bridgehead atoms. The van der Waals surface area contributed by atoms with Gasteiger partial charge in [0, 0.05) is 49.5 Å². The van der Waals surface area contributed by atoms with Gasteiger partial charge < -0.3 is 15.7 Å². The van der Waals surface area contributed by atoms with Gasteiger partial charge in [0.1, 0.15) is 22.6 Å². The van der Waals surface area contributed by atoms with Crippen molar-refractivity contribution in [2.75, 3.05) is 5.73 Å². The van der Waals surface area contributed by atoms with Gasteiger partial charge in [-0.1, -0.05) is 115 Å². The summed E-state index contributed by atoms with van der Waals surface area (Å²) in [5.74, 6) is 2.39. The maximum absolute atomic E-state index is 5.36. The van der Waals surface area contributed by atoms with E-state index in [0.29, 0.717) is 45.9 Å². The molecular formula is C38H25N9. The minimum absolute atomic E-state index is 0.597. The van der Waals surface area contributed by atoms with Crippen LogP contribution in [-0.4, -0.2) is 39.9 Å². The minimum atomic E-state index is 0.597. The molecule has 3 aromatic heterocycles. The van der Waals surface area contributed by atoms with Crippen LogP contribution in [-0.2, 0) is 0 Å². The van der Waals surface area contributed by atoms with Gasteiger partial charge in [0.2, 0.25) is 0 Å². The molecule has 2 aliphatic rings. The van der Waals surface area contributed by atoms with Crippen LogP contribution in [0.4, 0.5) is 5.69 Å². The Balaban J connectivity index is 0.000000387. The Kier molecular flexibility index (Phi) is 6.07. The Morgan fingerprint density at radius 1 is 0.319 bits per heavy atom. The summed E-state index contributed by atoms with van der Waals surface area (Å²) in [6.07, 6.45) is 0. The number of hydrogen-bond donors (Lipinski definition) is 3. The van der Waals surface area contributed by atoms with Gasteiger partial charge in [-0.2, -0.15) is 0 Å². The standard InChI is InChI=1S/C32H18N8.C6H7N/c1-2-10-18-17(9-1)25-33-26(18)38-28-21-13-5-6-14-22(21)30(35-28)40-32-24-16-8-7-15-23(24)31(36-32)39-29-20-12-4-3-11-19(20)27(34-29)37-25;7-6-4-2-1-3-5-6/h1-16H,(H2,33,34,35,36,37,38,39,40);1-5H,7H2. The van der Waals surface area contributed by atoms with Crippen LogP contribution in [0, 0.1) is 0 Å². The average Bonchev–Trinajstić information content (AvgIpc) is 3.85. The van der Waals surface area contributed by atoms with E-state index < -0.39 is 0 Å². The molecule has 8 aromatic rings. The predicted octanol–water partition coefficient (Wildman–Crippen LogP) is 8.14. The average molecular weight is 608 g/mol. The maximum Gasteiger partial charge on any atom is 0.164 e. The molecule has 0 aliphatic carbocycles. The quantitative estimate of drug-likeness (QED) is 0.148. The summed E-state index contributed by atoms with van der Waals surface area (Å²) in [5, 5.41) is 3.82. The smallest absolute Gasteiger partial charge is 0.164 e. The zero-order valence-corrected chi connectivity index (χ0v) is 24.9. The third-order valence-electron chi connectivity index (χ3n) is 8.26. The van der Waals surface area contributed by atoms with E-state index in [1.807, 2.05) is 127 Å². The Bertz CT molecular complexity index is 2340. The normalized spacial score (nSPS) is 11.5. The lowest BCUT2D eigenvalue weighted by molar-refractivity contribution is 1.19. The Hall–Kier alpha value is -6.74. The zero-order chi connectivity index (χ0) is 31.3. The van der Waals surface area contributed by atoms with Crippen molar-refractivity contribution in [2.24, 2.45) is 0 Å². The van der Waals surface area contributed by atoms with Crippen molar-refractivity contribution in [3.8, 4) is 45.6 Å². The first-order valence-electron chi connectivity index (χ1n) is 15.2. The van der Waals surface area contributed by atoms with E-state index in [2.05, 4.69) is 9.97 Å². The third-order valence-corrected chi connectivity index (χ3v) is 8.26. The van der Waals surface area contributed by atoms with Crippen LogP contribution < -0.4 is 5.73 Å². The van der Waals surface area contributed by atoms with Crippen LogP contribution in [0.1, 0.15) is 0 Å². The van der Waals surface area contributed by atoms with E-state index >= 15 is 0 Å². The zero-order valence-electron chi connectivity index (χ0n) is 24.9. The number of rotatable bonds is 0. The Morgan fingerprint density at radius 2 is 0.596 bits per heavy atom. The summed E-state index contributed by atoms with van der Waals surface area (Å²) in [6.45, 7) is 0. The van der Waals surface area contributed by atoms with Crippen molar-refractivity contribution in [1.29, 1.82) is 0 Å². The van der Waals surface area contributed by atoms with Gasteiger partial charge in [0.05, 0.1) is 0 Å². The second-order valence-electron chi connectivity index (χ2n) is 11.2. The minimum Gasteiger partial charge on any atom is -0.399 e. The van der Waals surface area contributed by atoms with E-state index in [-0.39, 0.29) is 0 Å². The molecule has 9 nitrogen and oxygen atoms in total. The van der Waals surface area contributed by atoms with Crippen LogP contribution in [0.2, 0.25) is 0 Å². The number of anilines is 1. The predicted molar refractivity (Wildman–Crippen MR) is 187 cm³/mol. The highest BCUT2D eigenvalue weighted by Gasteiger charge is 2.21. The van der Waals surface area contributed by atoms with Crippen molar-refractivity contribution in [2.45, 2.75) is 0 Å². The topological polar surface area (TPSA) is 135 Å². The highest BCUT2D eigenvalue weighted by molar-refractivity contribution is 6.06. The summed E-state index contributed by atoms with van der Waals surface area (Å²) in [7, 11) is 0. The third kappa shape index (κ3) is 4.57. The highest BCUT2D eigenvalue weighted by Crippen LogP contribution is 2.36.